The molecule has 2 amide bonds. The summed E-state index contributed by atoms with van der Waals surface area (Å²) >= 11 is 1.44. The molecule has 0 unspecified atom stereocenters. The number of carbonyl (C=O) groups excluding carboxylic acids is 2. The summed E-state index contributed by atoms with van der Waals surface area (Å²) in [7, 11) is 0. The van der Waals surface area contributed by atoms with Crippen molar-refractivity contribution in [2.75, 3.05) is 11.9 Å². The number of benzene rings is 1. The summed E-state index contributed by atoms with van der Waals surface area (Å²) in [6.45, 7) is 6.63. The van der Waals surface area contributed by atoms with Gasteiger partial charge in [-0.15, -0.1) is 0 Å². The largest absolute Gasteiger partial charge is 0.337 e. The topological polar surface area (TPSA) is 88.9 Å². The van der Waals surface area contributed by atoms with Crippen molar-refractivity contribution in [1.82, 2.24) is 19.9 Å². The SMILES string of the molecule is Cc1nc(NC(=O)NCCc2cn(C(C)C)cn2)sc1-c1ccc2c(c1)CCC2=O. The number of rotatable bonds is 6. The monoisotopic (exact) mass is 423 g/mol. The zero-order chi connectivity index (χ0) is 21.3. The third-order valence-electron chi connectivity index (χ3n) is 5.22. The van der Waals surface area contributed by atoms with Crippen molar-refractivity contribution in [3.05, 3.63) is 53.2 Å². The second-order valence-electron chi connectivity index (χ2n) is 7.77. The second-order valence-corrected chi connectivity index (χ2v) is 8.76. The predicted molar refractivity (Wildman–Crippen MR) is 118 cm³/mol. The first kappa shape index (κ1) is 20.3. The number of aryl methyl sites for hydroxylation is 2. The van der Waals surface area contributed by atoms with E-state index in [2.05, 4.69) is 40.5 Å². The van der Waals surface area contributed by atoms with Crippen LogP contribution >= 0.6 is 11.3 Å². The van der Waals surface area contributed by atoms with Crippen molar-refractivity contribution in [2.45, 2.75) is 46.1 Å². The summed E-state index contributed by atoms with van der Waals surface area (Å²) in [6.07, 6.45) is 5.87. The molecule has 0 bridgehead atoms. The number of anilines is 1. The van der Waals surface area contributed by atoms with Gasteiger partial charge >= 0.3 is 6.03 Å². The molecular weight excluding hydrogens is 398 g/mol. The summed E-state index contributed by atoms with van der Waals surface area (Å²) in [5.74, 6) is 0.215. The standard InChI is InChI=1S/C22H25N5O2S/c1-13(2)27-11-17(24-12-27)8-9-23-21(29)26-22-25-14(3)20(30-22)16-4-6-18-15(10-16)5-7-19(18)28/h4,6,10-13H,5,7-9H2,1-3H3,(H2,23,25,26,29). The molecule has 0 saturated carbocycles. The number of hydrogen-bond donors (Lipinski definition) is 2. The van der Waals surface area contributed by atoms with Crippen LogP contribution in [0.1, 0.15) is 53.6 Å². The van der Waals surface area contributed by atoms with Gasteiger partial charge < -0.3 is 9.88 Å². The number of nitrogens with zero attached hydrogens (tertiary/aromatic N) is 3. The zero-order valence-electron chi connectivity index (χ0n) is 17.4. The molecule has 1 aromatic carbocycles. The Morgan fingerprint density at radius 2 is 2.13 bits per heavy atom. The number of nitrogens with one attached hydrogen (secondary N) is 2. The van der Waals surface area contributed by atoms with Crippen LogP contribution < -0.4 is 10.6 Å². The van der Waals surface area contributed by atoms with Crippen molar-refractivity contribution in [1.29, 1.82) is 0 Å². The molecule has 2 heterocycles. The molecule has 1 aliphatic rings. The average Bonchev–Trinajstić information content (AvgIpc) is 3.41. The van der Waals surface area contributed by atoms with Gasteiger partial charge in [-0.05, 0) is 44.4 Å². The van der Waals surface area contributed by atoms with E-state index in [0.717, 1.165) is 39.4 Å². The Morgan fingerprint density at radius 3 is 2.90 bits per heavy atom. The number of thiazole rings is 1. The first-order valence-electron chi connectivity index (χ1n) is 10.1. The van der Waals surface area contributed by atoms with Gasteiger partial charge in [0.1, 0.15) is 0 Å². The molecule has 0 radical (unpaired) electrons. The maximum Gasteiger partial charge on any atom is 0.321 e. The minimum absolute atomic E-state index is 0.215. The lowest BCUT2D eigenvalue weighted by molar-refractivity contribution is 0.0994. The molecule has 7 nitrogen and oxygen atoms in total. The lowest BCUT2D eigenvalue weighted by Gasteiger charge is -2.05. The predicted octanol–water partition coefficient (Wildman–Crippen LogP) is 4.39. The Labute approximate surface area is 179 Å². The third kappa shape index (κ3) is 4.28. The molecule has 0 fully saturated rings. The van der Waals surface area contributed by atoms with Crippen LogP contribution in [0, 0.1) is 6.92 Å². The molecule has 2 N–H and O–H groups in total. The van der Waals surface area contributed by atoms with E-state index in [1.807, 2.05) is 36.1 Å². The van der Waals surface area contributed by atoms with Gasteiger partial charge in [0.2, 0.25) is 0 Å². The van der Waals surface area contributed by atoms with Gasteiger partial charge in [0.15, 0.2) is 10.9 Å². The summed E-state index contributed by atoms with van der Waals surface area (Å²) in [5, 5.41) is 6.23. The van der Waals surface area contributed by atoms with Gasteiger partial charge in [-0.1, -0.05) is 23.5 Å². The van der Waals surface area contributed by atoms with E-state index in [1.54, 1.807) is 0 Å². The van der Waals surface area contributed by atoms with Gasteiger partial charge in [-0.2, -0.15) is 0 Å². The Bertz CT molecular complexity index is 1100. The Balaban J connectivity index is 1.35. The van der Waals surface area contributed by atoms with Crippen LogP contribution in [0.25, 0.3) is 10.4 Å². The van der Waals surface area contributed by atoms with E-state index >= 15 is 0 Å². The highest BCUT2D eigenvalue weighted by Crippen LogP contribution is 2.35. The van der Waals surface area contributed by atoms with Gasteiger partial charge in [-0.3, -0.25) is 10.1 Å². The fourth-order valence-electron chi connectivity index (χ4n) is 3.55. The maximum atomic E-state index is 12.2. The number of urea groups is 1. The average molecular weight is 424 g/mol. The van der Waals surface area contributed by atoms with Crippen LogP contribution in [0.3, 0.4) is 0 Å². The lowest BCUT2D eigenvalue weighted by atomic mass is 10.0. The van der Waals surface area contributed by atoms with E-state index in [1.165, 1.54) is 11.3 Å². The molecule has 0 saturated heterocycles. The fraction of sp³-hybridized carbons (Fsp3) is 0.364. The fourth-order valence-corrected chi connectivity index (χ4v) is 4.51. The molecular formula is C22H25N5O2S. The number of ketones is 1. The summed E-state index contributed by atoms with van der Waals surface area (Å²) in [5.41, 5.74) is 4.77. The number of carbonyl (C=O) groups is 2. The molecule has 30 heavy (non-hydrogen) atoms. The second kappa shape index (κ2) is 8.39. The van der Waals surface area contributed by atoms with Crippen LogP contribution in [0.4, 0.5) is 9.93 Å². The molecule has 0 spiro atoms. The first-order valence-corrected chi connectivity index (χ1v) is 10.9. The van der Waals surface area contributed by atoms with E-state index in [4.69, 9.17) is 0 Å². The van der Waals surface area contributed by atoms with E-state index in [-0.39, 0.29) is 11.8 Å². The summed E-state index contributed by atoms with van der Waals surface area (Å²) in [4.78, 5) is 33.9. The highest BCUT2D eigenvalue weighted by atomic mass is 32.1. The molecule has 3 aromatic rings. The molecule has 1 aliphatic carbocycles. The normalized spacial score (nSPS) is 13.0. The highest BCUT2D eigenvalue weighted by molar-refractivity contribution is 7.19. The molecule has 156 valence electrons. The highest BCUT2D eigenvalue weighted by Gasteiger charge is 2.21. The van der Waals surface area contributed by atoms with Gasteiger partial charge in [0.25, 0.3) is 0 Å². The van der Waals surface area contributed by atoms with Crippen LogP contribution in [-0.2, 0) is 12.8 Å². The van der Waals surface area contributed by atoms with Crippen LogP contribution in [0.2, 0.25) is 0 Å². The molecule has 0 atom stereocenters. The summed E-state index contributed by atoms with van der Waals surface area (Å²) in [6, 6.07) is 6.03. The summed E-state index contributed by atoms with van der Waals surface area (Å²) < 4.78 is 2.05. The van der Waals surface area contributed by atoms with E-state index in [9.17, 15) is 9.59 Å². The van der Waals surface area contributed by atoms with Crippen LogP contribution in [-0.4, -0.2) is 32.9 Å². The number of Topliss-reactive ketones (excluding diaryl/α,β-unsaturated/α-hetero) is 1. The number of aromatic nitrogens is 3. The molecule has 0 aliphatic heterocycles. The van der Waals surface area contributed by atoms with Crippen LogP contribution in [0.15, 0.2) is 30.7 Å². The van der Waals surface area contributed by atoms with Crippen molar-refractivity contribution >= 4 is 28.3 Å². The maximum absolute atomic E-state index is 12.2. The number of hydrogen-bond acceptors (Lipinski definition) is 5. The number of fused-ring (bicyclic) bond motifs is 1. The van der Waals surface area contributed by atoms with E-state index < -0.39 is 0 Å². The minimum atomic E-state index is -0.279. The Kier molecular flexibility index (Phi) is 5.67. The van der Waals surface area contributed by atoms with Crippen molar-refractivity contribution in [2.24, 2.45) is 0 Å². The van der Waals surface area contributed by atoms with Crippen LogP contribution in [0.5, 0.6) is 0 Å². The van der Waals surface area contributed by atoms with Crippen molar-refractivity contribution in [3.63, 3.8) is 0 Å². The number of imidazole rings is 1. The smallest absolute Gasteiger partial charge is 0.321 e. The van der Waals surface area contributed by atoms with Gasteiger partial charge in [-0.25, -0.2) is 14.8 Å². The molecule has 8 heteroatoms. The van der Waals surface area contributed by atoms with Crippen molar-refractivity contribution in [3.8, 4) is 10.4 Å². The zero-order valence-corrected chi connectivity index (χ0v) is 18.2. The number of amides is 2. The van der Waals surface area contributed by atoms with Crippen molar-refractivity contribution < 1.29 is 9.59 Å². The first-order chi connectivity index (χ1) is 14.4. The lowest BCUT2D eigenvalue weighted by Crippen LogP contribution is -2.30. The molecule has 4 rings (SSSR count). The van der Waals surface area contributed by atoms with Gasteiger partial charge in [0, 0.05) is 37.2 Å². The Morgan fingerprint density at radius 1 is 1.30 bits per heavy atom. The molecule has 2 aromatic heterocycles. The third-order valence-corrected chi connectivity index (χ3v) is 6.35. The van der Waals surface area contributed by atoms with E-state index in [0.29, 0.717) is 30.6 Å². The minimum Gasteiger partial charge on any atom is -0.337 e. The van der Waals surface area contributed by atoms with Gasteiger partial charge in [0.05, 0.1) is 22.6 Å². The quantitative estimate of drug-likeness (QED) is 0.615. The Hall–Kier alpha value is -3.00.